The van der Waals surface area contributed by atoms with E-state index in [9.17, 15) is 4.39 Å². The van der Waals surface area contributed by atoms with Crippen LogP contribution < -0.4 is 10.6 Å². The molecule has 3 aromatic rings. The lowest BCUT2D eigenvalue weighted by atomic mass is 10.3. The second-order valence-electron chi connectivity index (χ2n) is 4.92. The summed E-state index contributed by atoms with van der Waals surface area (Å²) < 4.78 is 18.2. The van der Waals surface area contributed by atoms with E-state index in [4.69, 9.17) is 16.1 Å². The molecule has 0 saturated carbocycles. The molecule has 0 atom stereocenters. The second kappa shape index (κ2) is 6.21. The highest BCUT2D eigenvalue weighted by molar-refractivity contribution is 6.31. The van der Waals surface area contributed by atoms with Crippen molar-refractivity contribution in [3.8, 4) is 0 Å². The van der Waals surface area contributed by atoms with Crippen LogP contribution in [0.2, 0.25) is 5.02 Å². The van der Waals surface area contributed by atoms with Crippen molar-refractivity contribution in [2.24, 2.45) is 0 Å². The van der Waals surface area contributed by atoms with Crippen molar-refractivity contribution in [1.82, 2.24) is 15.1 Å². The fourth-order valence-corrected chi connectivity index (χ4v) is 2.13. The summed E-state index contributed by atoms with van der Waals surface area (Å²) in [5, 5.41) is 9.89. The Morgan fingerprint density at radius 3 is 2.57 bits per heavy atom. The Kier molecular flexibility index (Phi) is 4.12. The molecular formula is C15H13ClFN5O. The predicted molar refractivity (Wildman–Crippen MR) is 86.0 cm³/mol. The minimum absolute atomic E-state index is 0.0391. The number of aromatic nitrogens is 3. The van der Waals surface area contributed by atoms with Crippen LogP contribution in [0.1, 0.15) is 11.5 Å². The summed E-state index contributed by atoms with van der Waals surface area (Å²) in [6.07, 6.45) is 0. The monoisotopic (exact) mass is 333 g/mol. The molecule has 6 nitrogen and oxygen atoms in total. The van der Waals surface area contributed by atoms with Crippen molar-refractivity contribution in [1.29, 1.82) is 0 Å². The van der Waals surface area contributed by atoms with Gasteiger partial charge in [0.1, 0.15) is 17.4 Å². The minimum atomic E-state index is -0.472. The largest absolute Gasteiger partial charge is 0.360 e. The number of nitrogens with one attached hydrogen (secondary N) is 2. The fourth-order valence-electron chi connectivity index (χ4n) is 1.95. The fraction of sp³-hybridized carbons (Fsp3) is 0.133. The first kappa shape index (κ1) is 15.2. The van der Waals surface area contributed by atoms with E-state index in [1.807, 2.05) is 6.92 Å². The van der Waals surface area contributed by atoms with Gasteiger partial charge in [-0.3, -0.25) is 0 Å². The van der Waals surface area contributed by atoms with Crippen LogP contribution in [0, 0.1) is 19.7 Å². The Hall–Kier alpha value is -2.67. The minimum Gasteiger partial charge on any atom is -0.360 e. The molecule has 2 aromatic heterocycles. The maximum atomic E-state index is 13.2. The number of hydrogen-bond acceptors (Lipinski definition) is 6. The van der Waals surface area contributed by atoms with E-state index >= 15 is 0 Å². The molecule has 2 heterocycles. The van der Waals surface area contributed by atoms with Crippen LogP contribution in [0.15, 0.2) is 34.9 Å². The highest BCUT2D eigenvalue weighted by atomic mass is 35.5. The molecule has 23 heavy (non-hydrogen) atoms. The first-order valence-electron chi connectivity index (χ1n) is 6.78. The molecule has 0 aliphatic rings. The van der Waals surface area contributed by atoms with E-state index in [0.717, 1.165) is 5.69 Å². The zero-order valence-electron chi connectivity index (χ0n) is 12.4. The van der Waals surface area contributed by atoms with Gasteiger partial charge >= 0.3 is 0 Å². The van der Waals surface area contributed by atoms with Crippen LogP contribution in [0.3, 0.4) is 0 Å². The molecule has 8 heteroatoms. The number of halogens is 2. The third kappa shape index (κ3) is 3.75. The van der Waals surface area contributed by atoms with Crippen molar-refractivity contribution in [2.45, 2.75) is 13.8 Å². The van der Waals surface area contributed by atoms with Gasteiger partial charge in [0.15, 0.2) is 5.82 Å². The van der Waals surface area contributed by atoms with Gasteiger partial charge in [0.05, 0.1) is 5.02 Å². The molecule has 118 valence electrons. The number of nitrogens with zero attached hydrogens (tertiary/aromatic N) is 3. The van der Waals surface area contributed by atoms with Crippen molar-refractivity contribution in [3.05, 3.63) is 52.6 Å². The topological polar surface area (TPSA) is 75.9 Å². The lowest BCUT2D eigenvalue weighted by Gasteiger charge is -2.09. The van der Waals surface area contributed by atoms with E-state index in [1.165, 1.54) is 12.1 Å². The molecule has 0 spiro atoms. The number of benzene rings is 1. The quantitative estimate of drug-likeness (QED) is 0.738. The van der Waals surface area contributed by atoms with Crippen molar-refractivity contribution in [3.63, 3.8) is 0 Å². The second-order valence-corrected chi connectivity index (χ2v) is 5.33. The highest BCUT2D eigenvalue weighted by Crippen LogP contribution is 2.23. The van der Waals surface area contributed by atoms with Crippen molar-refractivity contribution >= 4 is 34.9 Å². The van der Waals surface area contributed by atoms with E-state index in [2.05, 4.69) is 25.8 Å². The number of aryl methyl sites for hydroxylation is 2. The summed E-state index contributed by atoms with van der Waals surface area (Å²) in [5.41, 5.74) is 1.37. The maximum absolute atomic E-state index is 13.2. The smallest absolute Gasteiger partial charge is 0.230 e. The molecule has 0 bridgehead atoms. The van der Waals surface area contributed by atoms with E-state index < -0.39 is 5.82 Å². The molecule has 0 radical (unpaired) electrons. The first-order valence-corrected chi connectivity index (χ1v) is 7.15. The summed E-state index contributed by atoms with van der Waals surface area (Å²) in [4.78, 5) is 8.62. The highest BCUT2D eigenvalue weighted by Gasteiger charge is 2.07. The van der Waals surface area contributed by atoms with Gasteiger partial charge in [0.2, 0.25) is 5.95 Å². The first-order chi connectivity index (χ1) is 11.0. The van der Waals surface area contributed by atoms with Gasteiger partial charge in [0.25, 0.3) is 0 Å². The molecule has 2 N–H and O–H groups in total. The van der Waals surface area contributed by atoms with Gasteiger partial charge < -0.3 is 15.2 Å². The van der Waals surface area contributed by atoms with E-state index in [0.29, 0.717) is 29.0 Å². The molecule has 0 fully saturated rings. The zero-order valence-corrected chi connectivity index (χ0v) is 13.1. The molecule has 0 amide bonds. The summed E-state index contributed by atoms with van der Waals surface area (Å²) in [6.45, 7) is 3.63. The van der Waals surface area contributed by atoms with Crippen LogP contribution in [0.5, 0.6) is 0 Å². The Morgan fingerprint density at radius 1 is 1.04 bits per heavy atom. The number of anilines is 4. The average molecular weight is 334 g/mol. The van der Waals surface area contributed by atoms with Gasteiger partial charge in [-0.1, -0.05) is 16.8 Å². The Balaban J connectivity index is 1.83. The molecule has 0 unspecified atom stereocenters. The average Bonchev–Trinajstić information content (AvgIpc) is 2.87. The molecule has 0 aliphatic heterocycles. The summed E-state index contributed by atoms with van der Waals surface area (Å²) in [5.74, 6) is 1.64. The lowest BCUT2D eigenvalue weighted by molar-refractivity contribution is 0.400. The zero-order chi connectivity index (χ0) is 16.4. The summed E-state index contributed by atoms with van der Waals surface area (Å²) >= 11 is 5.77. The van der Waals surface area contributed by atoms with Crippen LogP contribution in [-0.4, -0.2) is 15.1 Å². The Bertz CT molecular complexity index is 852. The summed E-state index contributed by atoms with van der Waals surface area (Å²) in [7, 11) is 0. The summed E-state index contributed by atoms with van der Waals surface area (Å²) in [6, 6.07) is 7.85. The lowest BCUT2D eigenvalue weighted by Crippen LogP contribution is -2.02. The van der Waals surface area contributed by atoms with Crippen molar-refractivity contribution in [2.75, 3.05) is 10.6 Å². The Labute approximate surface area is 136 Å². The van der Waals surface area contributed by atoms with Gasteiger partial charge in [0, 0.05) is 23.5 Å². The van der Waals surface area contributed by atoms with Gasteiger partial charge in [-0.25, -0.2) is 9.37 Å². The number of rotatable bonds is 4. The van der Waals surface area contributed by atoms with Gasteiger partial charge in [-0.2, -0.15) is 4.98 Å². The van der Waals surface area contributed by atoms with Crippen LogP contribution >= 0.6 is 11.6 Å². The molecule has 1 aromatic carbocycles. The van der Waals surface area contributed by atoms with E-state index in [-0.39, 0.29) is 5.02 Å². The predicted octanol–water partition coefficient (Wildman–Crippen LogP) is 4.36. The van der Waals surface area contributed by atoms with Gasteiger partial charge in [-0.05, 0) is 32.0 Å². The molecular weight excluding hydrogens is 321 g/mol. The third-order valence-corrected chi connectivity index (χ3v) is 3.20. The standard InChI is InChI=1S/C15H13ClFN5O/c1-8-5-13(19-10-3-4-12(17)11(16)7-10)20-15(18-8)21-14-6-9(2)23-22-14/h3-7H,1-2H3,(H2,18,19,20,21,22). The molecule has 0 saturated heterocycles. The van der Waals surface area contributed by atoms with Gasteiger partial charge in [-0.15, -0.1) is 0 Å². The third-order valence-electron chi connectivity index (χ3n) is 2.91. The maximum Gasteiger partial charge on any atom is 0.230 e. The van der Waals surface area contributed by atoms with Crippen LogP contribution in [0.4, 0.5) is 27.7 Å². The molecule has 0 aliphatic carbocycles. The van der Waals surface area contributed by atoms with E-state index in [1.54, 1.807) is 25.1 Å². The van der Waals surface area contributed by atoms with Crippen LogP contribution in [-0.2, 0) is 0 Å². The SMILES string of the molecule is Cc1cc(Nc2ccc(F)c(Cl)c2)nc(Nc2cc(C)on2)n1. The molecule has 3 rings (SSSR count). The Morgan fingerprint density at radius 2 is 1.87 bits per heavy atom. The van der Waals surface area contributed by atoms with Crippen molar-refractivity contribution < 1.29 is 8.91 Å². The normalized spacial score (nSPS) is 10.6. The van der Waals surface area contributed by atoms with Crippen LogP contribution in [0.25, 0.3) is 0 Å². The number of hydrogen-bond donors (Lipinski definition) is 2.